The molecule has 0 unspecified atom stereocenters. The molecule has 0 aromatic rings. The van der Waals surface area contributed by atoms with Crippen LogP contribution in [0, 0.1) is 5.92 Å². The quantitative estimate of drug-likeness (QED) is 0.417. The summed E-state index contributed by atoms with van der Waals surface area (Å²) in [7, 11) is 1.22. The van der Waals surface area contributed by atoms with Crippen LogP contribution < -0.4 is 10.6 Å². The van der Waals surface area contributed by atoms with Gasteiger partial charge in [-0.15, -0.1) is 13.2 Å². The molecule has 7 heteroatoms. The molecule has 0 aromatic carbocycles. The first-order valence-corrected chi connectivity index (χ1v) is 7.25. The largest absolute Gasteiger partial charge is 0.467 e. The normalized spacial score (nSPS) is 15.7. The Morgan fingerprint density at radius 2 is 1.87 bits per heavy atom. The third-order valence-corrected chi connectivity index (χ3v) is 3.41. The predicted octanol–water partition coefficient (Wildman–Crippen LogP) is 0.298. The van der Waals surface area contributed by atoms with Gasteiger partial charge in [0.1, 0.15) is 12.1 Å². The van der Waals surface area contributed by atoms with Gasteiger partial charge >= 0.3 is 5.97 Å². The monoisotopic (exact) mass is 326 g/mol. The fourth-order valence-electron chi connectivity index (χ4n) is 2.17. The number of hydrogen-bond acceptors (Lipinski definition) is 5. The second-order valence-electron chi connectivity index (χ2n) is 5.54. The molecule has 0 fully saturated rings. The zero-order chi connectivity index (χ0) is 18.2. The highest BCUT2D eigenvalue weighted by molar-refractivity contribution is 5.94. The standard InChI is InChI=1S/C16H26N2O5/c1-7-9-16(12(20)8-2,18-11(5)19)15(22)17-13(10(3)4)14(21)23-6/h7-8,10,12-13,20H,1-2,9H2,3-6H3,(H,17,22)(H,18,19)/t12-,13-,16+/m1/s1. The number of rotatable bonds is 9. The van der Waals surface area contributed by atoms with Crippen LogP contribution in [0.3, 0.4) is 0 Å². The number of hydrogen-bond donors (Lipinski definition) is 3. The summed E-state index contributed by atoms with van der Waals surface area (Å²) in [4.78, 5) is 36.1. The van der Waals surface area contributed by atoms with E-state index in [1.807, 2.05) is 0 Å². The third kappa shape index (κ3) is 5.21. The van der Waals surface area contributed by atoms with Gasteiger partial charge in [-0.3, -0.25) is 9.59 Å². The zero-order valence-corrected chi connectivity index (χ0v) is 14.1. The second-order valence-corrected chi connectivity index (χ2v) is 5.54. The first-order chi connectivity index (χ1) is 10.7. The molecule has 3 atom stereocenters. The van der Waals surface area contributed by atoms with Crippen molar-refractivity contribution in [2.24, 2.45) is 5.92 Å². The molecule has 0 aliphatic carbocycles. The van der Waals surface area contributed by atoms with E-state index in [2.05, 4.69) is 28.5 Å². The van der Waals surface area contributed by atoms with Crippen molar-refractivity contribution in [3.05, 3.63) is 25.3 Å². The summed E-state index contributed by atoms with van der Waals surface area (Å²) in [5.41, 5.74) is -1.70. The van der Waals surface area contributed by atoms with E-state index in [4.69, 9.17) is 0 Å². The molecule has 0 saturated carbocycles. The Morgan fingerprint density at radius 1 is 1.30 bits per heavy atom. The summed E-state index contributed by atoms with van der Waals surface area (Å²) in [5, 5.41) is 15.2. The maximum absolute atomic E-state index is 12.7. The second kappa shape index (κ2) is 9.09. The molecule has 0 spiro atoms. The maximum Gasteiger partial charge on any atom is 0.328 e. The van der Waals surface area contributed by atoms with Gasteiger partial charge < -0.3 is 20.5 Å². The van der Waals surface area contributed by atoms with E-state index in [9.17, 15) is 19.5 Å². The molecule has 0 aliphatic heterocycles. The highest BCUT2D eigenvalue weighted by Crippen LogP contribution is 2.20. The summed E-state index contributed by atoms with van der Waals surface area (Å²) >= 11 is 0. The first kappa shape index (κ1) is 20.9. The average Bonchev–Trinajstić information content (AvgIpc) is 2.49. The van der Waals surface area contributed by atoms with Crippen molar-refractivity contribution in [2.75, 3.05) is 7.11 Å². The van der Waals surface area contributed by atoms with Crippen LogP contribution in [0.15, 0.2) is 25.3 Å². The molecule has 0 rings (SSSR count). The van der Waals surface area contributed by atoms with E-state index in [1.165, 1.54) is 20.1 Å². The Morgan fingerprint density at radius 3 is 2.22 bits per heavy atom. The molecule has 2 amide bonds. The Bertz CT molecular complexity index is 475. The van der Waals surface area contributed by atoms with Crippen LogP contribution in [0.1, 0.15) is 27.2 Å². The molecule has 0 saturated heterocycles. The molecule has 7 nitrogen and oxygen atoms in total. The highest BCUT2D eigenvalue weighted by Gasteiger charge is 2.45. The van der Waals surface area contributed by atoms with Crippen LogP contribution in [0.5, 0.6) is 0 Å². The van der Waals surface area contributed by atoms with E-state index in [0.29, 0.717) is 0 Å². The molecule has 0 bridgehead atoms. The van der Waals surface area contributed by atoms with E-state index in [0.717, 1.165) is 6.08 Å². The summed E-state index contributed by atoms with van der Waals surface area (Å²) in [5.74, 6) is -2.09. The molecule has 3 N–H and O–H groups in total. The lowest BCUT2D eigenvalue weighted by molar-refractivity contribution is -0.148. The number of ether oxygens (including phenoxy) is 1. The maximum atomic E-state index is 12.7. The molecule has 0 radical (unpaired) electrons. The Labute approximate surface area is 136 Å². The van der Waals surface area contributed by atoms with Crippen molar-refractivity contribution in [3.8, 4) is 0 Å². The van der Waals surface area contributed by atoms with Crippen molar-refractivity contribution in [1.82, 2.24) is 10.6 Å². The lowest BCUT2D eigenvalue weighted by Crippen LogP contribution is -2.66. The Hall–Kier alpha value is -2.15. The summed E-state index contributed by atoms with van der Waals surface area (Å²) in [6.07, 6.45) is 1.12. The Balaban J connectivity index is 5.72. The summed E-state index contributed by atoms with van der Waals surface area (Å²) in [6, 6.07) is -0.914. The fraction of sp³-hybridized carbons (Fsp3) is 0.562. The zero-order valence-electron chi connectivity index (χ0n) is 14.1. The summed E-state index contributed by atoms with van der Waals surface area (Å²) < 4.78 is 4.67. The third-order valence-electron chi connectivity index (χ3n) is 3.41. The number of methoxy groups -OCH3 is 1. The van der Waals surface area contributed by atoms with Crippen molar-refractivity contribution >= 4 is 17.8 Å². The SMILES string of the molecule is C=CC[C@@](NC(C)=O)(C(=O)N[C@@H](C(=O)OC)C(C)C)[C@H](O)C=C. The molecule has 130 valence electrons. The van der Waals surface area contributed by atoms with Crippen molar-refractivity contribution in [1.29, 1.82) is 0 Å². The highest BCUT2D eigenvalue weighted by atomic mass is 16.5. The van der Waals surface area contributed by atoms with Crippen LogP contribution in [0.25, 0.3) is 0 Å². The molecule has 23 heavy (non-hydrogen) atoms. The minimum Gasteiger partial charge on any atom is -0.467 e. The van der Waals surface area contributed by atoms with Gasteiger partial charge in [-0.25, -0.2) is 4.79 Å². The van der Waals surface area contributed by atoms with Crippen LogP contribution in [0.4, 0.5) is 0 Å². The van der Waals surface area contributed by atoms with Crippen molar-refractivity contribution < 1.29 is 24.2 Å². The number of amides is 2. The van der Waals surface area contributed by atoms with Crippen molar-refractivity contribution in [3.63, 3.8) is 0 Å². The van der Waals surface area contributed by atoms with Crippen LogP contribution in [-0.4, -0.2) is 47.7 Å². The van der Waals surface area contributed by atoms with Gasteiger partial charge in [0, 0.05) is 13.3 Å². The minimum absolute atomic E-state index is 0.0441. The molecular formula is C16H26N2O5. The van der Waals surface area contributed by atoms with Gasteiger partial charge in [0.2, 0.25) is 11.8 Å². The average molecular weight is 326 g/mol. The van der Waals surface area contributed by atoms with Crippen molar-refractivity contribution in [2.45, 2.75) is 44.9 Å². The van der Waals surface area contributed by atoms with Gasteiger partial charge in [-0.1, -0.05) is 26.0 Å². The lowest BCUT2D eigenvalue weighted by Gasteiger charge is -2.36. The molecule has 0 aliphatic rings. The number of esters is 1. The molecule has 0 aromatic heterocycles. The van der Waals surface area contributed by atoms with Gasteiger partial charge in [-0.05, 0) is 5.92 Å². The first-order valence-electron chi connectivity index (χ1n) is 7.25. The Kier molecular flexibility index (Phi) is 8.24. The van der Waals surface area contributed by atoms with Gasteiger partial charge in [-0.2, -0.15) is 0 Å². The summed E-state index contributed by atoms with van der Waals surface area (Å²) in [6.45, 7) is 11.7. The minimum atomic E-state index is -1.70. The number of carbonyl (C=O) groups excluding carboxylic acids is 3. The molecular weight excluding hydrogens is 300 g/mol. The number of nitrogens with one attached hydrogen (secondary N) is 2. The molecule has 0 heterocycles. The van der Waals surface area contributed by atoms with Gasteiger partial charge in [0.05, 0.1) is 7.11 Å². The number of aliphatic hydroxyl groups is 1. The van der Waals surface area contributed by atoms with Crippen LogP contribution >= 0.6 is 0 Å². The van der Waals surface area contributed by atoms with Crippen LogP contribution in [-0.2, 0) is 19.1 Å². The van der Waals surface area contributed by atoms with E-state index in [-0.39, 0.29) is 12.3 Å². The van der Waals surface area contributed by atoms with Gasteiger partial charge in [0.25, 0.3) is 0 Å². The number of aliphatic hydroxyl groups excluding tert-OH is 1. The fourth-order valence-corrected chi connectivity index (χ4v) is 2.17. The number of carbonyl (C=O) groups is 3. The van der Waals surface area contributed by atoms with E-state index in [1.54, 1.807) is 13.8 Å². The lowest BCUT2D eigenvalue weighted by atomic mass is 9.86. The topological polar surface area (TPSA) is 105 Å². The predicted molar refractivity (Wildman–Crippen MR) is 86.4 cm³/mol. The van der Waals surface area contributed by atoms with E-state index >= 15 is 0 Å². The van der Waals surface area contributed by atoms with Crippen LogP contribution in [0.2, 0.25) is 0 Å². The smallest absolute Gasteiger partial charge is 0.328 e. The van der Waals surface area contributed by atoms with E-state index < -0.39 is 35.5 Å². The van der Waals surface area contributed by atoms with Gasteiger partial charge in [0.15, 0.2) is 5.54 Å².